The molecule has 0 spiro atoms. The minimum absolute atomic E-state index is 0.139. The molecule has 0 saturated heterocycles. The van der Waals surface area contributed by atoms with E-state index in [1.165, 1.54) is 30.4 Å². The summed E-state index contributed by atoms with van der Waals surface area (Å²) in [5.41, 5.74) is 3.94. The molecule has 0 amide bonds. The Morgan fingerprint density at radius 2 is 1.75 bits per heavy atom. The van der Waals surface area contributed by atoms with Crippen LogP contribution in [0.25, 0.3) is 0 Å². The van der Waals surface area contributed by atoms with Gasteiger partial charge in [0.25, 0.3) is 0 Å². The summed E-state index contributed by atoms with van der Waals surface area (Å²) >= 11 is 0. The number of carbonyl (C=O) groups is 1. The molecule has 0 unspecified atom stereocenters. The first-order chi connectivity index (χ1) is 7.29. The monoisotopic (exact) mass is 218 g/mol. The van der Waals surface area contributed by atoms with E-state index in [-0.39, 0.29) is 16.6 Å². The van der Waals surface area contributed by atoms with Crippen LogP contribution in [0.2, 0.25) is 0 Å². The first-order valence-corrected chi connectivity index (χ1v) is 6.24. The molecule has 2 rings (SSSR count). The number of carbonyl (C=O) groups excluding carboxylic acids is 1. The molecule has 0 aromatic rings. The van der Waals surface area contributed by atoms with Gasteiger partial charge in [0.05, 0.1) is 0 Å². The molecule has 1 atom stereocenters. The van der Waals surface area contributed by atoms with Crippen LogP contribution < -0.4 is 0 Å². The lowest BCUT2D eigenvalue weighted by molar-refractivity contribution is -0.111. The van der Waals surface area contributed by atoms with Crippen LogP contribution in [0, 0.1) is 10.8 Å². The highest BCUT2D eigenvalue weighted by Crippen LogP contribution is 2.56. The lowest BCUT2D eigenvalue weighted by atomic mass is 9.55. The van der Waals surface area contributed by atoms with Crippen molar-refractivity contribution in [3.05, 3.63) is 22.8 Å². The summed E-state index contributed by atoms with van der Waals surface area (Å²) in [6.45, 7) is 11.0. The highest BCUT2D eigenvalue weighted by atomic mass is 16.1. The maximum absolute atomic E-state index is 12.0. The number of hydrogen-bond donors (Lipinski definition) is 0. The molecule has 1 nitrogen and oxygen atoms in total. The van der Waals surface area contributed by atoms with Crippen molar-refractivity contribution in [3.8, 4) is 0 Å². The van der Waals surface area contributed by atoms with Crippen molar-refractivity contribution in [1.29, 1.82) is 0 Å². The fraction of sp³-hybridized carbons (Fsp3) is 0.667. The molecule has 16 heavy (non-hydrogen) atoms. The van der Waals surface area contributed by atoms with Gasteiger partial charge in [-0.1, -0.05) is 38.3 Å². The van der Waals surface area contributed by atoms with Crippen LogP contribution >= 0.6 is 0 Å². The first-order valence-electron chi connectivity index (χ1n) is 6.24. The molecule has 0 aromatic carbocycles. The Morgan fingerprint density at radius 3 is 2.38 bits per heavy atom. The van der Waals surface area contributed by atoms with E-state index in [0.29, 0.717) is 0 Å². The lowest BCUT2D eigenvalue weighted by Gasteiger charge is -2.48. The van der Waals surface area contributed by atoms with E-state index in [9.17, 15) is 4.79 Å². The van der Waals surface area contributed by atoms with Crippen LogP contribution in [-0.4, -0.2) is 5.78 Å². The molecule has 88 valence electrons. The van der Waals surface area contributed by atoms with Crippen molar-refractivity contribution in [2.24, 2.45) is 10.8 Å². The van der Waals surface area contributed by atoms with Gasteiger partial charge < -0.3 is 0 Å². The van der Waals surface area contributed by atoms with Gasteiger partial charge in [-0.25, -0.2) is 0 Å². The Kier molecular flexibility index (Phi) is 2.41. The van der Waals surface area contributed by atoms with Crippen molar-refractivity contribution >= 4 is 5.78 Å². The second kappa shape index (κ2) is 3.32. The van der Waals surface area contributed by atoms with Crippen molar-refractivity contribution in [2.45, 2.75) is 53.9 Å². The van der Waals surface area contributed by atoms with E-state index in [2.05, 4.69) is 27.7 Å². The summed E-state index contributed by atoms with van der Waals surface area (Å²) in [6, 6.07) is 0. The lowest BCUT2D eigenvalue weighted by Crippen LogP contribution is -2.38. The molecule has 1 fully saturated rings. The van der Waals surface area contributed by atoms with Gasteiger partial charge in [0, 0.05) is 5.41 Å². The third-order valence-electron chi connectivity index (χ3n) is 4.84. The van der Waals surface area contributed by atoms with Gasteiger partial charge in [-0.2, -0.15) is 0 Å². The average molecular weight is 218 g/mol. The van der Waals surface area contributed by atoms with Crippen molar-refractivity contribution in [3.63, 3.8) is 0 Å². The molecule has 1 heteroatoms. The Balaban J connectivity index is 2.59. The Hall–Kier alpha value is -0.850. The predicted octanol–water partition coefficient (Wildman–Crippen LogP) is 4.05. The Labute approximate surface area is 98.6 Å². The van der Waals surface area contributed by atoms with E-state index < -0.39 is 0 Å². The van der Waals surface area contributed by atoms with Crippen LogP contribution in [0.1, 0.15) is 53.9 Å². The maximum atomic E-state index is 12.0. The first kappa shape index (κ1) is 11.6. The van der Waals surface area contributed by atoms with Gasteiger partial charge in [-0.3, -0.25) is 4.79 Å². The quantitative estimate of drug-likeness (QED) is 0.599. The smallest absolute Gasteiger partial charge is 0.181 e. The third kappa shape index (κ3) is 1.41. The van der Waals surface area contributed by atoms with Crippen LogP contribution in [0.15, 0.2) is 22.8 Å². The Bertz CT molecular complexity index is 409. The molecule has 1 saturated carbocycles. The standard InChI is InChI=1S/C15H22O/c1-10-11(2)15(5)8-6-7-14(3,4)13(15)9-12(10)16/h9H,6-8H2,1-5H3/t15-/m1/s1. The van der Waals surface area contributed by atoms with Crippen molar-refractivity contribution in [1.82, 2.24) is 0 Å². The van der Waals surface area contributed by atoms with E-state index in [4.69, 9.17) is 0 Å². The second-order valence-electron chi connectivity index (χ2n) is 6.24. The molecule has 0 radical (unpaired) electrons. The summed E-state index contributed by atoms with van der Waals surface area (Å²) < 4.78 is 0. The highest BCUT2D eigenvalue weighted by Gasteiger charge is 2.45. The van der Waals surface area contributed by atoms with Crippen LogP contribution in [0.4, 0.5) is 0 Å². The topological polar surface area (TPSA) is 17.1 Å². The minimum Gasteiger partial charge on any atom is -0.290 e. The molecule has 2 aliphatic carbocycles. The minimum atomic E-state index is 0.139. The molecular weight excluding hydrogens is 196 g/mol. The van der Waals surface area contributed by atoms with Gasteiger partial charge in [0.2, 0.25) is 0 Å². The molecule has 2 aliphatic rings. The van der Waals surface area contributed by atoms with Crippen molar-refractivity contribution < 1.29 is 4.79 Å². The van der Waals surface area contributed by atoms with Gasteiger partial charge in [-0.05, 0) is 43.8 Å². The number of fused-ring (bicyclic) bond motifs is 1. The van der Waals surface area contributed by atoms with Crippen LogP contribution in [0.5, 0.6) is 0 Å². The molecule has 0 N–H and O–H groups in total. The summed E-state index contributed by atoms with van der Waals surface area (Å²) in [5, 5.41) is 0. The largest absolute Gasteiger partial charge is 0.290 e. The summed E-state index contributed by atoms with van der Waals surface area (Å²) in [7, 11) is 0. The van der Waals surface area contributed by atoms with Gasteiger partial charge in [0.1, 0.15) is 0 Å². The summed E-state index contributed by atoms with van der Waals surface area (Å²) in [5.74, 6) is 0.222. The SMILES string of the molecule is CC1=C(C)[C@@]2(C)CCCC(C)(C)C2=CC1=O. The number of rotatable bonds is 0. The molecular formula is C15H22O. The van der Waals surface area contributed by atoms with E-state index in [1.807, 2.05) is 13.0 Å². The fourth-order valence-electron chi connectivity index (χ4n) is 3.48. The van der Waals surface area contributed by atoms with Crippen LogP contribution in [0.3, 0.4) is 0 Å². The molecule has 0 aliphatic heterocycles. The van der Waals surface area contributed by atoms with Gasteiger partial charge >= 0.3 is 0 Å². The fourth-order valence-corrected chi connectivity index (χ4v) is 3.48. The molecule has 0 heterocycles. The normalized spacial score (nSPS) is 33.6. The van der Waals surface area contributed by atoms with E-state index in [1.54, 1.807) is 0 Å². The number of hydrogen-bond acceptors (Lipinski definition) is 1. The second-order valence-corrected chi connectivity index (χ2v) is 6.24. The maximum Gasteiger partial charge on any atom is 0.181 e. The van der Waals surface area contributed by atoms with E-state index >= 15 is 0 Å². The predicted molar refractivity (Wildman–Crippen MR) is 67.2 cm³/mol. The summed E-state index contributed by atoms with van der Waals surface area (Å²) in [6.07, 6.45) is 5.58. The average Bonchev–Trinajstić information content (AvgIpc) is 2.19. The number of ketones is 1. The number of allylic oxidation sites excluding steroid dienone is 4. The zero-order valence-corrected chi connectivity index (χ0v) is 11.1. The molecule has 0 bridgehead atoms. The third-order valence-corrected chi connectivity index (χ3v) is 4.84. The van der Waals surface area contributed by atoms with Crippen molar-refractivity contribution in [2.75, 3.05) is 0 Å². The van der Waals surface area contributed by atoms with Gasteiger partial charge in [0.15, 0.2) is 5.78 Å². The van der Waals surface area contributed by atoms with E-state index in [0.717, 1.165) is 5.57 Å². The summed E-state index contributed by atoms with van der Waals surface area (Å²) in [4.78, 5) is 12.0. The zero-order chi connectivity index (χ0) is 12.1. The highest BCUT2D eigenvalue weighted by molar-refractivity contribution is 6.06. The molecule has 0 aromatic heterocycles. The Morgan fingerprint density at radius 1 is 1.12 bits per heavy atom. The van der Waals surface area contributed by atoms with Crippen LogP contribution in [-0.2, 0) is 4.79 Å². The zero-order valence-electron chi connectivity index (χ0n) is 11.1. The van der Waals surface area contributed by atoms with Gasteiger partial charge in [-0.15, -0.1) is 0 Å².